The maximum atomic E-state index is 5.36. The Kier molecular flexibility index (Phi) is 3.18. The van der Waals surface area contributed by atoms with Gasteiger partial charge < -0.3 is 14.1 Å². The Balaban J connectivity index is 1.77. The average molecular weight is 257 g/mol. The van der Waals surface area contributed by atoms with Crippen molar-refractivity contribution in [2.75, 3.05) is 6.61 Å². The molecule has 1 N–H and O–H groups in total. The SMILES string of the molecule is CCOc1ccc2[nH]c(CCc3ccco3)nc2n1. The maximum Gasteiger partial charge on any atom is 0.215 e. The van der Waals surface area contributed by atoms with Gasteiger partial charge in [-0.2, -0.15) is 4.98 Å². The molecule has 5 nitrogen and oxygen atoms in total. The van der Waals surface area contributed by atoms with E-state index in [2.05, 4.69) is 15.0 Å². The molecule has 3 aromatic rings. The van der Waals surface area contributed by atoms with Crippen molar-refractivity contribution in [3.63, 3.8) is 0 Å². The lowest BCUT2D eigenvalue weighted by Gasteiger charge is -1.99. The van der Waals surface area contributed by atoms with Crippen LogP contribution in [0.3, 0.4) is 0 Å². The highest BCUT2D eigenvalue weighted by atomic mass is 16.5. The van der Waals surface area contributed by atoms with E-state index in [0.717, 1.165) is 29.9 Å². The van der Waals surface area contributed by atoms with Gasteiger partial charge in [0, 0.05) is 18.9 Å². The van der Waals surface area contributed by atoms with Crippen LogP contribution in [0.15, 0.2) is 34.9 Å². The van der Waals surface area contributed by atoms with E-state index in [0.29, 0.717) is 18.1 Å². The summed E-state index contributed by atoms with van der Waals surface area (Å²) in [5, 5.41) is 0. The normalized spacial score (nSPS) is 11.0. The van der Waals surface area contributed by atoms with E-state index in [9.17, 15) is 0 Å². The highest BCUT2D eigenvalue weighted by molar-refractivity contribution is 5.71. The van der Waals surface area contributed by atoms with Gasteiger partial charge in [-0.15, -0.1) is 0 Å². The summed E-state index contributed by atoms with van der Waals surface area (Å²) < 4.78 is 10.7. The number of aromatic amines is 1. The number of hydrogen-bond donors (Lipinski definition) is 1. The molecular weight excluding hydrogens is 242 g/mol. The van der Waals surface area contributed by atoms with Gasteiger partial charge in [0.15, 0.2) is 5.65 Å². The van der Waals surface area contributed by atoms with Gasteiger partial charge in [-0.05, 0) is 25.1 Å². The summed E-state index contributed by atoms with van der Waals surface area (Å²) in [5.74, 6) is 2.48. The molecule has 3 rings (SSSR count). The van der Waals surface area contributed by atoms with Crippen molar-refractivity contribution >= 4 is 11.2 Å². The Labute approximate surface area is 110 Å². The van der Waals surface area contributed by atoms with Crippen molar-refractivity contribution in [1.29, 1.82) is 0 Å². The molecule has 0 amide bonds. The molecule has 98 valence electrons. The Morgan fingerprint density at radius 3 is 2.95 bits per heavy atom. The van der Waals surface area contributed by atoms with Crippen LogP contribution < -0.4 is 4.74 Å². The first kappa shape index (κ1) is 11.8. The number of aryl methyl sites for hydroxylation is 2. The Morgan fingerprint density at radius 1 is 1.21 bits per heavy atom. The fourth-order valence-electron chi connectivity index (χ4n) is 1.97. The molecule has 0 atom stereocenters. The zero-order chi connectivity index (χ0) is 13.1. The molecule has 0 saturated heterocycles. The Bertz CT molecular complexity index is 658. The molecule has 5 heteroatoms. The van der Waals surface area contributed by atoms with Gasteiger partial charge in [0.1, 0.15) is 11.6 Å². The van der Waals surface area contributed by atoms with Crippen LogP contribution in [0, 0.1) is 0 Å². The van der Waals surface area contributed by atoms with Crippen LogP contribution in [0.25, 0.3) is 11.2 Å². The van der Waals surface area contributed by atoms with Gasteiger partial charge in [-0.25, -0.2) is 4.98 Å². The fraction of sp³-hybridized carbons (Fsp3) is 0.286. The molecule has 0 aliphatic heterocycles. The minimum absolute atomic E-state index is 0.605. The van der Waals surface area contributed by atoms with Crippen molar-refractivity contribution in [3.8, 4) is 5.88 Å². The van der Waals surface area contributed by atoms with E-state index in [1.54, 1.807) is 6.26 Å². The number of pyridine rings is 1. The number of nitrogens with zero attached hydrogens (tertiary/aromatic N) is 2. The molecule has 0 radical (unpaired) electrons. The molecule has 0 bridgehead atoms. The third kappa shape index (κ3) is 2.59. The van der Waals surface area contributed by atoms with Crippen LogP contribution in [-0.4, -0.2) is 21.6 Å². The Hall–Kier alpha value is -2.30. The van der Waals surface area contributed by atoms with Crippen LogP contribution in [0.1, 0.15) is 18.5 Å². The molecular formula is C14H15N3O2. The van der Waals surface area contributed by atoms with Crippen LogP contribution in [0.5, 0.6) is 5.88 Å². The molecule has 3 heterocycles. The third-order valence-corrected chi connectivity index (χ3v) is 2.85. The van der Waals surface area contributed by atoms with Crippen molar-refractivity contribution in [1.82, 2.24) is 15.0 Å². The number of hydrogen-bond acceptors (Lipinski definition) is 4. The molecule has 0 saturated carbocycles. The quantitative estimate of drug-likeness (QED) is 0.763. The van der Waals surface area contributed by atoms with Crippen LogP contribution in [-0.2, 0) is 12.8 Å². The first-order chi connectivity index (χ1) is 9.35. The van der Waals surface area contributed by atoms with Gasteiger partial charge in [0.05, 0.1) is 18.4 Å². The van der Waals surface area contributed by atoms with Gasteiger partial charge in [-0.3, -0.25) is 0 Å². The smallest absolute Gasteiger partial charge is 0.215 e. The lowest BCUT2D eigenvalue weighted by Crippen LogP contribution is -1.94. The standard InChI is InChI=1S/C14H15N3O2/c1-2-18-13-8-6-11-14(17-13)16-12(15-11)7-5-10-4-3-9-19-10/h3-4,6,8-9H,2,5,7H2,1H3,(H,15,16,17). The van der Waals surface area contributed by atoms with Gasteiger partial charge in [-0.1, -0.05) is 0 Å². The van der Waals surface area contributed by atoms with E-state index in [4.69, 9.17) is 9.15 Å². The predicted molar refractivity (Wildman–Crippen MR) is 71.2 cm³/mol. The van der Waals surface area contributed by atoms with Crippen molar-refractivity contribution in [2.24, 2.45) is 0 Å². The van der Waals surface area contributed by atoms with Crippen LogP contribution in [0.2, 0.25) is 0 Å². The minimum Gasteiger partial charge on any atom is -0.478 e. The molecule has 0 unspecified atom stereocenters. The van der Waals surface area contributed by atoms with Crippen molar-refractivity contribution in [2.45, 2.75) is 19.8 Å². The molecule has 0 spiro atoms. The largest absolute Gasteiger partial charge is 0.478 e. The summed E-state index contributed by atoms with van der Waals surface area (Å²) in [5.41, 5.74) is 1.62. The zero-order valence-electron chi connectivity index (χ0n) is 10.7. The van der Waals surface area contributed by atoms with Gasteiger partial charge in [0.2, 0.25) is 5.88 Å². The van der Waals surface area contributed by atoms with E-state index < -0.39 is 0 Å². The second kappa shape index (κ2) is 5.14. The van der Waals surface area contributed by atoms with Crippen LogP contribution >= 0.6 is 0 Å². The molecule has 19 heavy (non-hydrogen) atoms. The minimum atomic E-state index is 0.605. The maximum absolute atomic E-state index is 5.36. The number of nitrogens with one attached hydrogen (secondary N) is 1. The highest BCUT2D eigenvalue weighted by Crippen LogP contribution is 2.15. The molecule has 0 fully saturated rings. The fourth-order valence-corrected chi connectivity index (χ4v) is 1.97. The number of fused-ring (bicyclic) bond motifs is 1. The average Bonchev–Trinajstić information content (AvgIpc) is 3.05. The molecule has 0 aliphatic carbocycles. The number of aromatic nitrogens is 3. The first-order valence-corrected chi connectivity index (χ1v) is 6.36. The lowest BCUT2D eigenvalue weighted by atomic mass is 10.2. The van der Waals surface area contributed by atoms with Crippen LogP contribution in [0.4, 0.5) is 0 Å². The first-order valence-electron chi connectivity index (χ1n) is 6.36. The van der Waals surface area contributed by atoms with Crippen molar-refractivity contribution in [3.05, 3.63) is 42.1 Å². The van der Waals surface area contributed by atoms with E-state index in [1.807, 2.05) is 31.2 Å². The highest BCUT2D eigenvalue weighted by Gasteiger charge is 2.06. The second-order valence-electron chi connectivity index (χ2n) is 4.22. The van der Waals surface area contributed by atoms with Gasteiger partial charge >= 0.3 is 0 Å². The number of rotatable bonds is 5. The summed E-state index contributed by atoms with van der Waals surface area (Å²) in [6.45, 7) is 2.54. The molecule has 3 aromatic heterocycles. The summed E-state index contributed by atoms with van der Waals surface area (Å²) in [7, 11) is 0. The van der Waals surface area contributed by atoms with E-state index >= 15 is 0 Å². The van der Waals surface area contributed by atoms with E-state index in [1.165, 1.54) is 0 Å². The Morgan fingerprint density at radius 2 is 2.16 bits per heavy atom. The summed E-state index contributed by atoms with van der Waals surface area (Å²) in [6.07, 6.45) is 3.31. The molecule has 0 aliphatic rings. The zero-order valence-corrected chi connectivity index (χ0v) is 10.7. The lowest BCUT2D eigenvalue weighted by molar-refractivity contribution is 0.328. The number of furan rings is 1. The van der Waals surface area contributed by atoms with Crippen molar-refractivity contribution < 1.29 is 9.15 Å². The summed E-state index contributed by atoms with van der Waals surface area (Å²) >= 11 is 0. The third-order valence-electron chi connectivity index (χ3n) is 2.85. The molecule has 0 aromatic carbocycles. The predicted octanol–water partition coefficient (Wildman–Crippen LogP) is 2.73. The van der Waals surface area contributed by atoms with E-state index in [-0.39, 0.29) is 0 Å². The second-order valence-corrected chi connectivity index (χ2v) is 4.22. The number of H-pyrrole nitrogens is 1. The van der Waals surface area contributed by atoms with Gasteiger partial charge in [0.25, 0.3) is 0 Å². The summed E-state index contributed by atoms with van der Waals surface area (Å²) in [4.78, 5) is 12.1. The summed E-state index contributed by atoms with van der Waals surface area (Å²) in [6, 6.07) is 7.65. The number of imidazole rings is 1. The number of ether oxygens (including phenoxy) is 1. The topological polar surface area (TPSA) is 63.9 Å². The monoisotopic (exact) mass is 257 g/mol.